The summed E-state index contributed by atoms with van der Waals surface area (Å²) in [5, 5.41) is 14.3. The van der Waals surface area contributed by atoms with Gasteiger partial charge in [-0.05, 0) is 37.3 Å². The molecule has 0 aliphatic heterocycles. The lowest BCUT2D eigenvalue weighted by molar-refractivity contribution is 0.174. The first kappa shape index (κ1) is 19.5. The van der Waals surface area contributed by atoms with Gasteiger partial charge in [0.1, 0.15) is 4.90 Å². The van der Waals surface area contributed by atoms with Gasteiger partial charge in [0, 0.05) is 6.54 Å². The first-order valence-electron chi connectivity index (χ1n) is 8.87. The van der Waals surface area contributed by atoms with Crippen LogP contribution in [0.1, 0.15) is 37.4 Å². The number of sulfonamides is 1. The number of hydrogen-bond donors (Lipinski definition) is 2. The quantitative estimate of drug-likeness (QED) is 0.613. The van der Waals surface area contributed by atoms with Crippen LogP contribution < -0.4 is 4.72 Å². The van der Waals surface area contributed by atoms with Crippen LogP contribution in [0.15, 0.2) is 52.0 Å². The number of pyridine rings is 1. The molecule has 2 unspecified atom stereocenters. The van der Waals surface area contributed by atoms with Crippen molar-refractivity contribution in [1.29, 1.82) is 0 Å². The van der Waals surface area contributed by atoms with Gasteiger partial charge in [-0.15, -0.1) is 0 Å². The van der Waals surface area contributed by atoms with Crippen LogP contribution in [0, 0.1) is 0 Å². The van der Waals surface area contributed by atoms with Gasteiger partial charge in [-0.25, -0.2) is 18.1 Å². The molecule has 27 heavy (non-hydrogen) atoms. The van der Waals surface area contributed by atoms with Crippen molar-refractivity contribution in [3.8, 4) is 0 Å². The van der Waals surface area contributed by atoms with Gasteiger partial charge in [0.15, 0.2) is 0 Å². The fraction of sp³-hybridized carbons (Fsp3) is 0.368. The fourth-order valence-electron chi connectivity index (χ4n) is 3.03. The molecule has 0 saturated carbocycles. The average Bonchev–Trinajstić information content (AvgIpc) is 3.08. The van der Waals surface area contributed by atoms with E-state index >= 15 is 0 Å². The highest BCUT2D eigenvalue weighted by Crippen LogP contribution is 2.23. The summed E-state index contributed by atoms with van der Waals surface area (Å²) in [6.07, 6.45) is 1.80. The number of aromatic nitrogens is 2. The van der Waals surface area contributed by atoms with E-state index in [0.29, 0.717) is 29.6 Å². The minimum atomic E-state index is -3.76. The van der Waals surface area contributed by atoms with E-state index in [2.05, 4.69) is 14.9 Å². The summed E-state index contributed by atoms with van der Waals surface area (Å²) in [6.45, 7) is 3.79. The second-order valence-electron chi connectivity index (χ2n) is 6.55. The molecule has 3 rings (SSSR count). The number of aryl methyl sites for hydroxylation is 1. The molecule has 0 saturated heterocycles. The topological polar surface area (TPSA) is 105 Å². The zero-order valence-corrected chi connectivity index (χ0v) is 16.1. The van der Waals surface area contributed by atoms with E-state index in [4.69, 9.17) is 4.52 Å². The standard InChI is InChI=1S/C19H23N3O4S/c1-3-18-17-10-16(12-20-19(17)26-22-18)27(24,25)21-11-15(9-13(2)23)14-7-5-4-6-8-14/h4-8,10,12-13,15,21,23H,3,9,11H2,1-2H3. The van der Waals surface area contributed by atoms with Gasteiger partial charge < -0.3 is 9.63 Å². The zero-order valence-electron chi connectivity index (χ0n) is 15.3. The van der Waals surface area contributed by atoms with Crippen molar-refractivity contribution >= 4 is 21.1 Å². The molecular weight excluding hydrogens is 366 g/mol. The Kier molecular flexibility index (Phi) is 5.88. The van der Waals surface area contributed by atoms with E-state index in [-0.39, 0.29) is 17.4 Å². The number of nitrogens with one attached hydrogen (secondary N) is 1. The number of rotatable bonds is 8. The van der Waals surface area contributed by atoms with Crippen LogP contribution in [-0.4, -0.2) is 36.3 Å². The maximum Gasteiger partial charge on any atom is 0.258 e. The Bertz CT molecular complexity index is 1000. The monoisotopic (exact) mass is 389 g/mol. The Balaban J connectivity index is 1.82. The normalized spacial score (nSPS) is 14.3. The van der Waals surface area contributed by atoms with Crippen LogP contribution in [0.25, 0.3) is 11.1 Å². The van der Waals surface area contributed by atoms with Crippen LogP contribution in [-0.2, 0) is 16.4 Å². The van der Waals surface area contributed by atoms with Gasteiger partial charge in [0.2, 0.25) is 10.0 Å². The predicted molar refractivity (Wildman–Crippen MR) is 102 cm³/mol. The molecule has 0 bridgehead atoms. The largest absolute Gasteiger partial charge is 0.393 e. The number of benzene rings is 1. The van der Waals surface area contributed by atoms with Gasteiger partial charge in [0.25, 0.3) is 5.71 Å². The minimum absolute atomic E-state index is 0.0664. The van der Waals surface area contributed by atoms with Gasteiger partial charge >= 0.3 is 0 Å². The summed E-state index contributed by atoms with van der Waals surface area (Å²) in [6, 6.07) is 11.1. The fourth-order valence-corrected chi connectivity index (χ4v) is 4.08. The molecule has 0 fully saturated rings. The maximum atomic E-state index is 12.8. The molecule has 3 aromatic rings. The second-order valence-corrected chi connectivity index (χ2v) is 8.32. The van der Waals surface area contributed by atoms with Gasteiger partial charge in [-0.1, -0.05) is 42.4 Å². The molecule has 0 spiro atoms. The molecule has 0 aliphatic rings. The first-order chi connectivity index (χ1) is 12.9. The van der Waals surface area contributed by atoms with Gasteiger partial charge in [-0.3, -0.25) is 0 Å². The third-order valence-corrected chi connectivity index (χ3v) is 5.83. The Hall–Kier alpha value is -2.29. The molecule has 0 aliphatic carbocycles. The zero-order chi connectivity index (χ0) is 19.4. The minimum Gasteiger partial charge on any atom is -0.393 e. The molecule has 7 nitrogen and oxygen atoms in total. The number of hydrogen-bond acceptors (Lipinski definition) is 6. The first-order valence-corrected chi connectivity index (χ1v) is 10.4. The molecule has 144 valence electrons. The van der Waals surface area contributed by atoms with Gasteiger partial charge in [0.05, 0.1) is 23.4 Å². The molecule has 8 heteroatoms. The van der Waals surface area contributed by atoms with Crippen LogP contribution in [0.5, 0.6) is 0 Å². The molecule has 0 radical (unpaired) electrons. The SMILES string of the molecule is CCc1noc2ncc(S(=O)(=O)NCC(CC(C)O)c3ccccc3)cc12. The average molecular weight is 389 g/mol. The molecule has 2 heterocycles. The Labute approximate surface area is 158 Å². The van der Waals surface area contributed by atoms with E-state index in [9.17, 15) is 13.5 Å². The van der Waals surface area contributed by atoms with E-state index < -0.39 is 16.1 Å². The highest BCUT2D eigenvalue weighted by molar-refractivity contribution is 7.89. The van der Waals surface area contributed by atoms with Crippen molar-refractivity contribution in [3.05, 3.63) is 53.9 Å². The summed E-state index contributed by atoms with van der Waals surface area (Å²) < 4.78 is 33.3. The van der Waals surface area contributed by atoms with Crippen molar-refractivity contribution < 1.29 is 18.0 Å². The predicted octanol–water partition coefficient (Wildman–Crippen LogP) is 2.62. The van der Waals surface area contributed by atoms with E-state index in [1.54, 1.807) is 6.92 Å². The van der Waals surface area contributed by atoms with E-state index in [0.717, 1.165) is 5.56 Å². The van der Waals surface area contributed by atoms with Crippen molar-refractivity contribution in [3.63, 3.8) is 0 Å². The summed E-state index contributed by atoms with van der Waals surface area (Å²) in [5.41, 5.74) is 1.97. The Morgan fingerprint density at radius 2 is 2.00 bits per heavy atom. The van der Waals surface area contributed by atoms with Crippen LogP contribution in [0.4, 0.5) is 0 Å². The number of nitrogens with zero attached hydrogens (tertiary/aromatic N) is 2. The van der Waals surface area contributed by atoms with Crippen molar-refractivity contribution in [1.82, 2.24) is 14.9 Å². The van der Waals surface area contributed by atoms with Crippen LogP contribution in [0.3, 0.4) is 0 Å². The lowest BCUT2D eigenvalue weighted by Gasteiger charge is -2.19. The third-order valence-electron chi connectivity index (χ3n) is 4.44. The summed E-state index contributed by atoms with van der Waals surface area (Å²) in [5.74, 6) is -0.139. The third kappa shape index (κ3) is 4.52. The highest BCUT2D eigenvalue weighted by Gasteiger charge is 2.21. The highest BCUT2D eigenvalue weighted by atomic mass is 32.2. The molecule has 1 aromatic carbocycles. The maximum absolute atomic E-state index is 12.8. The van der Waals surface area contributed by atoms with Crippen LogP contribution in [0.2, 0.25) is 0 Å². The van der Waals surface area contributed by atoms with Crippen molar-refractivity contribution in [2.45, 2.75) is 43.6 Å². The smallest absolute Gasteiger partial charge is 0.258 e. The summed E-state index contributed by atoms with van der Waals surface area (Å²) >= 11 is 0. The summed E-state index contributed by atoms with van der Waals surface area (Å²) in [7, 11) is -3.76. The van der Waals surface area contributed by atoms with Crippen molar-refractivity contribution in [2.75, 3.05) is 6.54 Å². The van der Waals surface area contributed by atoms with E-state index in [1.807, 2.05) is 37.3 Å². The Morgan fingerprint density at radius 3 is 2.67 bits per heavy atom. The molecular formula is C19H23N3O4S. The van der Waals surface area contributed by atoms with Crippen molar-refractivity contribution in [2.24, 2.45) is 0 Å². The number of aliphatic hydroxyl groups is 1. The lowest BCUT2D eigenvalue weighted by Crippen LogP contribution is -2.30. The van der Waals surface area contributed by atoms with Crippen LogP contribution >= 0.6 is 0 Å². The second kappa shape index (κ2) is 8.16. The van der Waals surface area contributed by atoms with Gasteiger partial charge in [-0.2, -0.15) is 0 Å². The Morgan fingerprint density at radius 1 is 1.26 bits per heavy atom. The number of aliphatic hydroxyl groups excluding tert-OH is 1. The molecule has 0 amide bonds. The molecule has 2 aromatic heterocycles. The molecule has 2 N–H and O–H groups in total. The lowest BCUT2D eigenvalue weighted by atomic mass is 9.94. The number of fused-ring (bicyclic) bond motifs is 1. The molecule has 2 atom stereocenters. The van der Waals surface area contributed by atoms with E-state index in [1.165, 1.54) is 12.3 Å². The summed E-state index contributed by atoms with van der Waals surface area (Å²) in [4.78, 5) is 4.13.